The highest BCUT2D eigenvalue weighted by Crippen LogP contribution is 2.30. The van der Waals surface area contributed by atoms with Crippen molar-refractivity contribution < 1.29 is 22.6 Å². The fourth-order valence-corrected chi connectivity index (χ4v) is 4.08. The number of aromatic nitrogens is 4. The second kappa shape index (κ2) is 8.94. The summed E-state index contributed by atoms with van der Waals surface area (Å²) in [5.74, 6) is 2.01. The number of benzene rings is 2. The first kappa shape index (κ1) is 21.1. The Morgan fingerprint density at radius 2 is 1.72 bits per heavy atom. The molecular weight excluding hydrogens is 434 g/mol. The van der Waals surface area contributed by atoms with E-state index < -0.39 is 10.0 Å². The van der Waals surface area contributed by atoms with Crippen LogP contribution in [0, 0.1) is 0 Å². The summed E-state index contributed by atoms with van der Waals surface area (Å²) in [5, 5.41) is 0. The lowest BCUT2D eigenvalue weighted by molar-refractivity contribution is 0.392. The summed E-state index contributed by atoms with van der Waals surface area (Å²) >= 11 is 0. The molecule has 0 fully saturated rings. The maximum atomic E-state index is 12.9. The number of nitrogens with zero attached hydrogens (tertiary/aromatic N) is 4. The van der Waals surface area contributed by atoms with Crippen LogP contribution in [0.5, 0.6) is 23.1 Å². The van der Waals surface area contributed by atoms with Crippen LogP contribution < -0.4 is 18.9 Å². The van der Waals surface area contributed by atoms with Crippen LogP contribution in [0.15, 0.2) is 78.5 Å². The third-order valence-electron chi connectivity index (χ3n) is 4.39. The number of sulfonamides is 1. The van der Waals surface area contributed by atoms with Crippen molar-refractivity contribution in [2.24, 2.45) is 0 Å². The molecule has 2 aromatic heterocycles. The molecule has 11 heteroatoms. The predicted molar refractivity (Wildman–Crippen MR) is 116 cm³/mol. The molecule has 4 rings (SSSR count). The number of nitrogens with one attached hydrogen (secondary N) is 1. The van der Waals surface area contributed by atoms with E-state index >= 15 is 0 Å². The van der Waals surface area contributed by atoms with Crippen molar-refractivity contribution in [2.45, 2.75) is 4.90 Å². The van der Waals surface area contributed by atoms with Crippen molar-refractivity contribution in [1.82, 2.24) is 19.5 Å². The number of hydrogen-bond donors (Lipinski definition) is 1. The van der Waals surface area contributed by atoms with Crippen molar-refractivity contribution in [1.29, 1.82) is 0 Å². The summed E-state index contributed by atoms with van der Waals surface area (Å²) in [4.78, 5) is 12.2. The van der Waals surface area contributed by atoms with Gasteiger partial charge in [0.05, 0.1) is 14.2 Å². The zero-order chi connectivity index (χ0) is 22.6. The monoisotopic (exact) mass is 453 g/mol. The highest BCUT2D eigenvalue weighted by atomic mass is 32.2. The van der Waals surface area contributed by atoms with Gasteiger partial charge in [-0.15, -0.1) is 0 Å². The Morgan fingerprint density at radius 3 is 2.41 bits per heavy atom. The number of methoxy groups -OCH3 is 2. The van der Waals surface area contributed by atoms with Gasteiger partial charge in [0.2, 0.25) is 5.88 Å². The Kier molecular flexibility index (Phi) is 5.90. The molecule has 0 unspecified atom stereocenters. The van der Waals surface area contributed by atoms with Gasteiger partial charge in [-0.25, -0.2) is 23.4 Å². The number of rotatable bonds is 8. The van der Waals surface area contributed by atoms with E-state index in [1.807, 2.05) is 0 Å². The molecule has 164 valence electrons. The first-order valence-corrected chi connectivity index (χ1v) is 10.8. The molecule has 0 bridgehead atoms. The van der Waals surface area contributed by atoms with Crippen molar-refractivity contribution in [3.8, 4) is 28.9 Å². The SMILES string of the molecule is COc1ccc(OC)c(S(=O)(=O)Nc2ccc(Oc3cc(-n4ccnc4)ncn3)cc2)c1. The van der Waals surface area contributed by atoms with Gasteiger partial charge < -0.3 is 14.2 Å². The molecule has 0 spiro atoms. The summed E-state index contributed by atoms with van der Waals surface area (Å²) < 4.78 is 46.0. The highest BCUT2D eigenvalue weighted by Gasteiger charge is 2.21. The van der Waals surface area contributed by atoms with Crippen molar-refractivity contribution in [2.75, 3.05) is 18.9 Å². The van der Waals surface area contributed by atoms with Gasteiger partial charge in [-0.2, -0.15) is 0 Å². The van der Waals surface area contributed by atoms with Gasteiger partial charge in [0.25, 0.3) is 10.0 Å². The van der Waals surface area contributed by atoms with Crippen LogP contribution in [0.2, 0.25) is 0 Å². The molecule has 0 aliphatic heterocycles. The fourth-order valence-electron chi connectivity index (χ4n) is 2.84. The minimum Gasteiger partial charge on any atom is -0.497 e. The molecule has 0 radical (unpaired) electrons. The van der Waals surface area contributed by atoms with Crippen LogP contribution in [0.1, 0.15) is 0 Å². The normalized spacial score (nSPS) is 11.1. The largest absolute Gasteiger partial charge is 0.497 e. The van der Waals surface area contributed by atoms with Crippen molar-refractivity contribution in [3.63, 3.8) is 0 Å². The van der Waals surface area contributed by atoms with E-state index in [0.29, 0.717) is 28.9 Å². The average Bonchev–Trinajstić information content (AvgIpc) is 3.35. The number of hydrogen-bond acceptors (Lipinski definition) is 8. The quantitative estimate of drug-likeness (QED) is 0.432. The summed E-state index contributed by atoms with van der Waals surface area (Å²) in [6, 6.07) is 12.6. The molecule has 2 heterocycles. The molecular formula is C21H19N5O5S. The summed E-state index contributed by atoms with van der Waals surface area (Å²) in [6.07, 6.45) is 6.40. The molecule has 4 aromatic rings. The van der Waals surface area contributed by atoms with Gasteiger partial charge in [0, 0.05) is 30.2 Å². The van der Waals surface area contributed by atoms with Gasteiger partial charge in [-0.3, -0.25) is 9.29 Å². The number of ether oxygens (including phenoxy) is 3. The second-order valence-electron chi connectivity index (χ2n) is 6.43. The molecule has 2 aromatic carbocycles. The summed E-state index contributed by atoms with van der Waals surface area (Å²) in [6.45, 7) is 0. The molecule has 0 aliphatic carbocycles. The van der Waals surface area contributed by atoms with Crippen molar-refractivity contribution >= 4 is 15.7 Å². The first-order chi connectivity index (χ1) is 15.5. The molecule has 0 amide bonds. The lowest BCUT2D eigenvalue weighted by Gasteiger charge is -2.13. The number of anilines is 1. The summed E-state index contributed by atoms with van der Waals surface area (Å²) in [7, 11) is -1.06. The first-order valence-electron chi connectivity index (χ1n) is 9.31. The Balaban J connectivity index is 1.50. The minimum absolute atomic E-state index is 0.0345. The molecule has 0 atom stereocenters. The van der Waals surface area contributed by atoms with Crippen LogP contribution in [0.25, 0.3) is 5.82 Å². The third-order valence-corrected chi connectivity index (χ3v) is 5.79. The van der Waals surface area contributed by atoms with E-state index in [1.54, 1.807) is 59.7 Å². The van der Waals surface area contributed by atoms with Gasteiger partial charge in [-0.05, 0) is 36.4 Å². The maximum absolute atomic E-state index is 12.9. The van der Waals surface area contributed by atoms with E-state index in [0.717, 1.165) is 0 Å². The maximum Gasteiger partial charge on any atom is 0.265 e. The molecule has 0 aliphatic rings. The fraction of sp³-hybridized carbons (Fsp3) is 0.0952. The number of imidazole rings is 1. The highest BCUT2D eigenvalue weighted by molar-refractivity contribution is 7.92. The van der Waals surface area contributed by atoms with Gasteiger partial charge >= 0.3 is 0 Å². The zero-order valence-electron chi connectivity index (χ0n) is 17.2. The third kappa shape index (κ3) is 4.62. The Bertz CT molecular complexity index is 1310. The van der Waals surface area contributed by atoms with E-state index in [9.17, 15) is 8.42 Å². The Labute approximate surface area is 184 Å². The molecule has 0 saturated carbocycles. The van der Waals surface area contributed by atoms with Crippen LogP contribution in [-0.2, 0) is 10.0 Å². The van der Waals surface area contributed by atoms with Gasteiger partial charge in [-0.1, -0.05) is 0 Å². The molecule has 32 heavy (non-hydrogen) atoms. The molecule has 1 N–H and O–H groups in total. The zero-order valence-corrected chi connectivity index (χ0v) is 18.0. The van der Waals surface area contributed by atoms with Gasteiger partial charge in [0.1, 0.15) is 40.6 Å². The molecule has 0 saturated heterocycles. The predicted octanol–water partition coefficient (Wildman–Crippen LogP) is 3.27. The topological polar surface area (TPSA) is 117 Å². The standard InChI is InChI=1S/C21H19N5O5S/c1-29-17-7-8-18(30-2)19(11-17)32(27,28)25-15-3-5-16(6-4-15)31-21-12-20(23-13-24-21)26-10-9-22-14-26/h3-14,25H,1-2H3. The van der Waals surface area contributed by atoms with E-state index in [-0.39, 0.29) is 10.6 Å². The lowest BCUT2D eigenvalue weighted by Crippen LogP contribution is -2.14. The van der Waals surface area contributed by atoms with Crippen LogP contribution in [-0.4, -0.2) is 42.2 Å². The Morgan fingerprint density at radius 1 is 0.938 bits per heavy atom. The van der Waals surface area contributed by atoms with E-state index in [4.69, 9.17) is 14.2 Å². The van der Waals surface area contributed by atoms with E-state index in [2.05, 4.69) is 19.7 Å². The van der Waals surface area contributed by atoms with Gasteiger partial charge in [0.15, 0.2) is 0 Å². The van der Waals surface area contributed by atoms with Crippen LogP contribution >= 0.6 is 0 Å². The van der Waals surface area contributed by atoms with E-state index in [1.165, 1.54) is 32.7 Å². The van der Waals surface area contributed by atoms with Crippen molar-refractivity contribution in [3.05, 3.63) is 73.6 Å². The average molecular weight is 453 g/mol. The summed E-state index contributed by atoms with van der Waals surface area (Å²) in [5.41, 5.74) is 0.351. The van der Waals surface area contributed by atoms with Crippen LogP contribution in [0.4, 0.5) is 5.69 Å². The van der Waals surface area contributed by atoms with Crippen LogP contribution in [0.3, 0.4) is 0 Å². The Hall–Kier alpha value is -4.12. The second-order valence-corrected chi connectivity index (χ2v) is 8.08. The minimum atomic E-state index is -3.92. The smallest absolute Gasteiger partial charge is 0.265 e. The molecule has 10 nitrogen and oxygen atoms in total. The lowest BCUT2D eigenvalue weighted by atomic mass is 10.3.